The van der Waals surface area contributed by atoms with Gasteiger partial charge in [0.25, 0.3) is 0 Å². The normalized spacial score (nSPS) is 12.7. The molecule has 1 N–H and O–H groups in total. The van der Waals surface area contributed by atoms with Crippen molar-refractivity contribution in [3.8, 4) is 0 Å². The molecule has 2 nitrogen and oxygen atoms in total. The van der Waals surface area contributed by atoms with Gasteiger partial charge >= 0.3 is 5.97 Å². The molecule has 0 aliphatic heterocycles. The van der Waals surface area contributed by atoms with E-state index in [1.165, 1.54) is 19.3 Å². The van der Waals surface area contributed by atoms with Crippen molar-refractivity contribution >= 4 is 5.97 Å². The van der Waals surface area contributed by atoms with Gasteiger partial charge in [-0.25, -0.2) is 0 Å². The maximum Gasteiger partial charge on any atom is 0.303 e. The number of aliphatic carboxylic acids is 1. The van der Waals surface area contributed by atoms with E-state index in [0.717, 1.165) is 32.1 Å². The van der Waals surface area contributed by atoms with Crippen molar-refractivity contribution in [3.63, 3.8) is 0 Å². The highest BCUT2D eigenvalue weighted by molar-refractivity contribution is 5.66. The van der Waals surface area contributed by atoms with E-state index >= 15 is 0 Å². The predicted octanol–water partition coefficient (Wildman–Crippen LogP) is 6.77. The molecule has 0 bridgehead atoms. The maximum absolute atomic E-state index is 10.3. The van der Waals surface area contributed by atoms with Gasteiger partial charge in [0.05, 0.1) is 0 Å². The molecule has 0 saturated carbocycles. The molecule has 0 aromatic carbocycles. The van der Waals surface area contributed by atoms with E-state index in [4.69, 9.17) is 5.11 Å². The fraction of sp³-hybridized carbons (Fsp3) is 0.500. The molecule has 0 rings (SSSR count). The lowest BCUT2D eigenvalue weighted by molar-refractivity contribution is -0.136. The van der Waals surface area contributed by atoms with E-state index in [0.29, 0.717) is 6.42 Å². The summed E-state index contributed by atoms with van der Waals surface area (Å²) < 4.78 is 0. The zero-order valence-corrected chi connectivity index (χ0v) is 15.2. The Balaban J connectivity index is 3.39. The molecule has 0 amide bonds. The van der Waals surface area contributed by atoms with Gasteiger partial charge in [0.1, 0.15) is 0 Å². The number of carboxylic acid groups (broad SMARTS) is 1. The van der Waals surface area contributed by atoms with Gasteiger partial charge < -0.3 is 5.11 Å². The van der Waals surface area contributed by atoms with Crippen LogP contribution in [0.15, 0.2) is 60.8 Å². The molecule has 0 atom stereocenters. The molecule has 0 fully saturated rings. The first-order chi connectivity index (χ1) is 11.8. The summed E-state index contributed by atoms with van der Waals surface area (Å²) in [6.07, 6.45) is 31.4. The number of hydrogen-bond acceptors (Lipinski definition) is 1. The lowest BCUT2D eigenvalue weighted by Crippen LogP contribution is -1.91. The molecule has 0 aliphatic rings. The van der Waals surface area contributed by atoms with Gasteiger partial charge in [0, 0.05) is 6.42 Å². The average molecular weight is 331 g/mol. The van der Waals surface area contributed by atoms with E-state index < -0.39 is 5.97 Å². The Morgan fingerprint density at radius 3 is 1.54 bits per heavy atom. The van der Waals surface area contributed by atoms with Crippen LogP contribution < -0.4 is 0 Å². The summed E-state index contributed by atoms with van der Waals surface area (Å²) >= 11 is 0. The summed E-state index contributed by atoms with van der Waals surface area (Å²) in [5.74, 6) is -0.736. The van der Waals surface area contributed by atoms with Gasteiger partial charge in [-0.3, -0.25) is 4.79 Å². The molecule has 0 aromatic heterocycles. The van der Waals surface area contributed by atoms with Crippen LogP contribution in [0.2, 0.25) is 0 Å². The SMILES string of the molecule is CCC=CCC=CCCCCC=CCC=CCC=CCCC(=O)O. The zero-order valence-electron chi connectivity index (χ0n) is 15.2. The Morgan fingerprint density at radius 2 is 1.08 bits per heavy atom. The summed E-state index contributed by atoms with van der Waals surface area (Å²) in [5, 5.41) is 8.50. The minimum absolute atomic E-state index is 0.217. The number of unbranched alkanes of at least 4 members (excludes halogenated alkanes) is 3. The molecule has 0 heterocycles. The lowest BCUT2D eigenvalue weighted by Gasteiger charge is -1.93. The molecule has 134 valence electrons. The fourth-order valence-corrected chi connectivity index (χ4v) is 2.06. The zero-order chi connectivity index (χ0) is 17.7. The van der Waals surface area contributed by atoms with E-state index in [-0.39, 0.29) is 6.42 Å². The standard InChI is InChI=1S/C22H34O2/c1-2-3-4-5-6-7-8-9-10-11-12-13-14-15-16-17-18-19-20-21-22(23)24/h3-4,6-7,12-13,15-16,18-19H,2,5,8-11,14,17,20-21H2,1H3,(H,23,24). The Kier molecular flexibility index (Phi) is 17.8. The van der Waals surface area contributed by atoms with Crippen LogP contribution in [-0.2, 0) is 4.79 Å². The average Bonchev–Trinajstić information content (AvgIpc) is 2.56. The largest absolute Gasteiger partial charge is 0.481 e. The summed E-state index contributed by atoms with van der Waals surface area (Å²) in [7, 11) is 0. The third-order valence-electron chi connectivity index (χ3n) is 3.40. The van der Waals surface area contributed by atoms with Crippen molar-refractivity contribution < 1.29 is 9.90 Å². The van der Waals surface area contributed by atoms with Crippen LogP contribution in [0.1, 0.15) is 71.1 Å². The molecule has 0 saturated heterocycles. The van der Waals surface area contributed by atoms with Gasteiger partial charge in [-0.1, -0.05) is 67.7 Å². The first-order valence-corrected chi connectivity index (χ1v) is 9.24. The Hall–Kier alpha value is -1.83. The summed E-state index contributed by atoms with van der Waals surface area (Å²) in [6, 6.07) is 0. The summed E-state index contributed by atoms with van der Waals surface area (Å²) in [5.41, 5.74) is 0. The molecule has 2 heteroatoms. The number of allylic oxidation sites excluding steroid dienone is 10. The lowest BCUT2D eigenvalue weighted by atomic mass is 10.1. The van der Waals surface area contributed by atoms with Gasteiger partial charge in [-0.15, -0.1) is 0 Å². The van der Waals surface area contributed by atoms with Gasteiger partial charge in [-0.2, -0.15) is 0 Å². The maximum atomic E-state index is 10.3. The first kappa shape index (κ1) is 22.2. The molecule has 0 unspecified atom stereocenters. The predicted molar refractivity (Wildman–Crippen MR) is 105 cm³/mol. The number of carbonyl (C=O) groups is 1. The highest BCUT2D eigenvalue weighted by Gasteiger charge is 1.90. The van der Waals surface area contributed by atoms with Gasteiger partial charge in [-0.05, 0) is 57.8 Å². The summed E-state index contributed by atoms with van der Waals surface area (Å²) in [4.78, 5) is 10.3. The van der Waals surface area contributed by atoms with E-state index in [9.17, 15) is 4.79 Å². The van der Waals surface area contributed by atoms with E-state index in [2.05, 4.69) is 55.5 Å². The minimum atomic E-state index is -0.736. The molecule has 0 spiro atoms. The van der Waals surface area contributed by atoms with Crippen LogP contribution in [0.3, 0.4) is 0 Å². The fourth-order valence-electron chi connectivity index (χ4n) is 2.06. The quantitative estimate of drug-likeness (QED) is 0.265. The van der Waals surface area contributed by atoms with Crippen molar-refractivity contribution in [1.82, 2.24) is 0 Å². The molecule has 24 heavy (non-hydrogen) atoms. The molecule has 0 aromatic rings. The van der Waals surface area contributed by atoms with Crippen LogP contribution in [0.4, 0.5) is 0 Å². The monoisotopic (exact) mass is 330 g/mol. The topological polar surface area (TPSA) is 37.3 Å². The van der Waals surface area contributed by atoms with Crippen LogP contribution in [0.25, 0.3) is 0 Å². The van der Waals surface area contributed by atoms with Crippen molar-refractivity contribution in [2.45, 2.75) is 71.1 Å². The van der Waals surface area contributed by atoms with Gasteiger partial charge in [0.15, 0.2) is 0 Å². The molecule has 0 aliphatic carbocycles. The molecular weight excluding hydrogens is 296 g/mol. The van der Waals surface area contributed by atoms with Crippen molar-refractivity contribution in [2.75, 3.05) is 0 Å². The van der Waals surface area contributed by atoms with Crippen LogP contribution in [-0.4, -0.2) is 11.1 Å². The van der Waals surface area contributed by atoms with Crippen LogP contribution in [0.5, 0.6) is 0 Å². The Labute approximate surface area is 148 Å². The minimum Gasteiger partial charge on any atom is -0.481 e. The van der Waals surface area contributed by atoms with Crippen LogP contribution >= 0.6 is 0 Å². The third kappa shape index (κ3) is 20.2. The summed E-state index contributed by atoms with van der Waals surface area (Å²) in [6.45, 7) is 2.16. The second-order valence-electron chi connectivity index (χ2n) is 5.69. The Morgan fingerprint density at radius 1 is 0.667 bits per heavy atom. The van der Waals surface area contributed by atoms with Crippen LogP contribution in [0, 0.1) is 0 Å². The Bertz CT molecular complexity index is 425. The van der Waals surface area contributed by atoms with Crippen molar-refractivity contribution in [2.24, 2.45) is 0 Å². The molecule has 0 radical (unpaired) electrons. The highest BCUT2D eigenvalue weighted by Crippen LogP contribution is 2.03. The second kappa shape index (κ2) is 19.2. The van der Waals surface area contributed by atoms with Gasteiger partial charge in [0.2, 0.25) is 0 Å². The smallest absolute Gasteiger partial charge is 0.303 e. The highest BCUT2D eigenvalue weighted by atomic mass is 16.4. The number of carboxylic acids is 1. The number of rotatable bonds is 15. The van der Waals surface area contributed by atoms with E-state index in [1.54, 1.807) is 0 Å². The van der Waals surface area contributed by atoms with Crippen molar-refractivity contribution in [1.29, 1.82) is 0 Å². The number of hydrogen-bond donors (Lipinski definition) is 1. The third-order valence-corrected chi connectivity index (χ3v) is 3.40. The molecular formula is C22H34O2. The first-order valence-electron chi connectivity index (χ1n) is 9.24. The second-order valence-corrected chi connectivity index (χ2v) is 5.69. The van der Waals surface area contributed by atoms with E-state index in [1.807, 2.05) is 12.2 Å². The van der Waals surface area contributed by atoms with Crippen molar-refractivity contribution in [3.05, 3.63) is 60.8 Å².